The zero-order valence-corrected chi connectivity index (χ0v) is 17.3. The molecular formula is C18H8F18O2. The number of benzene rings is 1. The molecule has 0 aliphatic rings. The van der Waals surface area contributed by atoms with Crippen LogP contribution in [0.5, 0.6) is 0 Å². The molecule has 2 nitrogen and oxygen atoms in total. The van der Waals surface area contributed by atoms with E-state index in [0.29, 0.717) is 12.1 Å². The molecule has 0 amide bonds. The van der Waals surface area contributed by atoms with Gasteiger partial charge < -0.3 is 9.47 Å². The third-order valence-corrected chi connectivity index (χ3v) is 4.53. The Kier molecular flexibility index (Phi) is 8.70. The van der Waals surface area contributed by atoms with Crippen molar-refractivity contribution >= 4 is 0 Å². The first-order valence-electron chi connectivity index (χ1n) is 8.87. The van der Waals surface area contributed by atoms with E-state index in [1.54, 1.807) is 0 Å². The van der Waals surface area contributed by atoms with Gasteiger partial charge >= 0.3 is 48.3 Å². The smallest absolute Gasteiger partial charge is 0.346 e. The summed E-state index contributed by atoms with van der Waals surface area (Å²) in [5.74, 6) is 1.54. The summed E-state index contributed by atoms with van der Waals surface area (Å²) in [6.07, 6.45) is -38.4. The molecule has 0 atom stereocenters. The number of terminal acetylenes is 1. The number of ether oxygens (including phenoxy) is 2. The van der Waals surface area contributed by atoms with Crippen molar-refractivity contribution in [1.29, 1.82) is 0 Å². The van der Waals surface area contributed by atoms with Gasteiger partial charge in [-0.25, -0.2) is 0 Å². The normalized spacial score (nSPS) is 15.0. The van der Waals surface area contributed by atoms with Crippen molar-refractivity contribution in [2.75, 3.05) is 0 Å². The van der Waals surface area contributed by atoms with Crippen LogP contribution in [0.4, 0.5) is 79.0 Å². The molecule has 0 aliphatic carbocycles. The second-order valence-electron chi connectivity index (χ2n) is 7.11. The van der Waals surface area contributed by atoms with E-state index in [9.17, 15) is 79.0 Å². The Morgan fingerprint density at radius 2 is 0.711 bits per heavy atom. The number of rotatable bonds is 6. The third kappa shape index (κ3) is 5.87. The fraction of sp³-hybridized carbons (Fsp3) is 0.556. The Balaban J connectivity index is 3.57. The van der Waals surface area contributed by atoms with E-state index in [1.807, 2.05) is 0 Å². The number of halogens is 18. The predicted octanol–water partition coefficient (Wildman–Crippen LogP) is 7.55. The number of hydrogen-bond donors (Lipinski definition) is 0. The lowest BCUT2D eigenvalue weighted by Crippen LogP contribution is -2.67. The first-order chi connectivity index (χ1) is 16.6. The van der Waals surface area contributed by atoms with Crippen LogP contribution in [0, 0.1) is 12.3 Å². The molecule has 1 aromatic rings. The van der Waals surface area contributed by atoms with Crippen LogP contribution >= 0.6 is 0 Å². The Bertz CT molecular complexity index is 869. The van der Waals surface area contributed by atoms with E-state index < -0.39 is 78.2 Å². The highest BCUT2D eigenvalue weighted by Crippen LogP contribution is 2.56. The molecule has 0 spiro atoms. The van der Waals surface area contributed by atoms with Crippen molar-refractivity contribution in [2.24, 2.45) is 0 Å². The molecule has 0 bridgehead atoms. The van der Waals surface area contributed by atoms with Gasteiger partial charge in [0.05, 0.1) is 13.2 Å². The largest absolute Gasteiger partial charge is 0.435 e. The van der Waals surface area contributed by atoms with Crippen molar-refractivity contribution in [3.63, 3.8) is 0 Å². The second-order valence-corrected chi connectivity index (χ2v) is 7.11. The predicted molar refractivity (Wildman–Crippen MR) is 85.7 cm³/mol. The van der Waals surface area contributed by atoms with Crippen molar-refractivity contribution in [3.8, 4) is 12.3 Å². The molecule has 0 saturated carbocycles. The zero-order valence-electron chi connectivity index (χ0n) is 17.3. The fourth-order valence-electron chi connectivity index (χ4n) is 2.85. The Morgan fingerprint density at radius 3 is 0.895 bits per heavy atom. The molecule has 0 heterocycles. The summed E-state index contributed by atoms with van der Waals surface area (Å²) >= 11 is 0. The molecule has 0 saturated heterocycles. The molecule has 0 unspecified atom stereocenters. The van der Waals surface area contributed by atoms with Gasteiger partial charge in [0.15, 0.2) is 0 Å². The van der Waals surface area contributed by atoms with E-state index in [1.165, 1.54) is 5.92 Å². The maximum atomic E-state index is 12.9. The molecule has 0 aromatic heterocycles. The molecule has 0 radical (unpaired) electrons. The quantitative estimate of drug-likeness (QED) is 0.249. The van der Waals surface area contributed by atoms with E-state index in [-0.39, 0.29) is 6.07 Å². The lowest BCUT2D eigenvalue weighted by molar-refractivity contribution is -0.460. The third-order valence-electron chi connectivity index (χ3n) is 4.53. The minimum Gasteiger partial charge on any atom is -0.346 e. The van der Waals surface area contributed by atoms with E-state index in [2.05, 4.69) is 9.47 Å². The van der Waals surface area contributed by atoms with Crippen LogP contribution in [0.2, 0.25) is 0 Å². The van der Waals surface area contributed by atoms with Crippen molar-refractivity contribution in [3.05, 3.63) is 34.9 Å². The molecule has 1 rings (SSSR count). The molecular weight excluding hydrogens is 590 g/mol. The standard InChI is InChI=1S/C18H8F18O2/c1-2-8-3-9(6-37-11(13(19,20)21,14(22,23)24)15(25,26)27)5-10(4-8)7-38-12(16(28,29)30,17(31,32)33)18(34,35)36/h1,3-5H,6-7H2. The molecule has 38 heavy (non-hydrogen) atoms. The lowest BCUT2D eigenvalue weighted by Gasteiger charge is -2.38. The van der Waals surface area contributed by atoms with Gasteiger partial charge in [0.25, 0.3) is 0 Å². The highest BCUT2D eigenvalue weighted by atomic mass is 19.4. The average molecular weight is 598 g/mol. The van der Waals surface area contributed by atoms with Crippen LogP contribution in [0.15, 0.2) is 18.2 Å². The highest BCUT2D eigenvalue weighted by molar-refractivity contribution is 5.39. The van der Waals surface area contributed by atoms with Gasteiger partial charge in [-0.2, -0.15) is 79.0 Å². The number of alkyl halides is 18. The van der Waals surface area contributed by atoms with Gasteiger partial charge in [-0.05, 0) is 23.3 Å². The lowest BCUT2D eigenvalue weighted by atomic mass is 10.0. The SMILES string of the molecule is C#Cc1cc(COC(C(F)(F)F)(C(F)(F)F)C(F)(F)F)cc(COC(C(F)(F)F)(C(F)(F)F)C(F)(F)F)c1. The van der Waals surface area contributed by atoms with Crippen LogP contribution < -0.4 is 0 Å². The first kappa shape index (κ1) is 33.5. The van der Waals surface area contributed by atoms with Crippen LogP contribution in [-0.4, -0.2) is 48.3 Å². The van der Waals surface area contributed by atoms with E-state index in [4.69, 9.17) is 6.42 Å². The molecule has 0 N–H and O–H groups in total. The van der Waals surface area contributed by atoms with Gasteiger partial charge in [-0.3, -0.25) is 0 Å². The minimum absolute atomic E-state index is 0.0165. The monoisotopic (exact) mass is 598 g/mol. The van der Waals surface area contributed by atoms with Crippen molar-refractivity contribution < 1.29 is 88.5 Å². The van der Waals surface area contributed by atoms with Crippen LogP contribution in [-0.2, 0) is 22.7 Å². The highest BCUT2D eigenvalue weighted by Gasteiger charge is 2.86. The summed E-state index contributed by atoms with van der Waals surface area (Å²) in [6, 6.07) is 0.659. The molecule has 0 fully saturated rings. The summed E-state index contributed by atoms with van der Waals surface area (Å²) in [7, 11) is 0. The van der Waals surface area contributed by atoms with Crippen LogP contribution in [0.25, 0.3) is 0 Å². The Labute approximate surface area is 198 Å². The van der Waals surface area contributed by atoms with Crippen LogP contribution in [0.1, 0.15) is 16.7 Å². The topological polar surface area (TPSA) is 18.5 Å². The summed E-state index contributed by atoms with van der Waals surface area (Å²) in [5.41, 5.74) is -17.0. The summed E-state index contributed by atoms with van der Waals surface area (Å²) < 4.78 is 239. The van der Waals surface area contributed by atoms with Crippen LogP contribution in [0.3, 0.4) is 0 Å². The Morgan fingerprint density at radius 1 is 0.474 bits per heavy atom. The molecule has 20 heteroatoms. The van der Waals surface area contributed by atoms with Gasteiger partial charge in [-0.15, -0.1) is 6.42 Å². The second kappa shape index (κ2) is 9.88. The molecule has 218 valence electrons. The Hall–Kier alpha value is -2.56. The molecule has 0 aliphatic heterocycles. The maximum Gasteiger partial charge on any atom is 0.435 e. The van der Waals surface area contributed by atoms with Crippen molar-refractivity contribution in [1.82, 2.24) is 0 Å². The summed E-state index contributed by atoms with van der Waals surface area (Å²) in [4.78, 5) is 0. The van der Waals surface area contributed by atoms with E-state index in [0.717, 1.165) is 0 Å². The van der Waals surface area contributed by atoms with E-state index >= 15 is 0 Å². The summed E-state index contributed by atoms with van der Waals surface area (Å²) in [5, 5.41) is 0. The van der Waals surface area contributed by atoms with Gasteiger partial charge in [0.2, 0.25) is 0 Å². The van der Waals surface area contributed by atoms with Gasteiger partial charge in [-0.1, -0.05) is 12.0 Å². The average Bonchev–Trinajstić information content (AvgIpc) is 2.61. The molecule has 1 aromatic carbocycles. The summed E-state index contributed by atoms with van der Waals surface area (Å²) in [6.45, 7) is -4.66. The minimum atomic E-state index is -7.20. The van der Waals surface area contributed by atoms with Crippen molar-refractivity contribution in [2.45, 2.75) is 61.5 Å². The number of hydrogen-bond acceptors (Lipinski definition) is 2. The maximum absolute atomic E-state index is 12.9. The fourth-order valence-corrected chi connectivity index (χ4v) is 2.85. The first-order valence-corrected chi connectivity index (χ1v) is 8.87. The van der Waals surface area contributed by atoms with Gasteiger partial charge in [0, 0.05) is 5.56 Å². The van der Waals surface area contributed by atoms with Gasteiger partial charge in [0.1, 0.15) is 0 Å². The zero-order chi connectivity index (χ0) is 30.4.